The Labute approximate surface area is 112 Å². The Kier molecular flexibility index (Phi) is 5.12. The van der Waals surface area contributed by atoms with Gasteiger partial charge >= 0.3 is 10.3 Å². The van der Waals surface area contributed by atoms with E-state index in [2.05, 4.69) is 0 Å². The number of hydrogen-bond donors (Lipinski definition) is 2. The van der Waals surface area contributed by atoms with Gasteiger partial charge in [-0.3, -0.25) is 4.18 Å². The summed E-state index contributed by atoms with van der Waals surface area (Å²) in [5.41, 5.74) is 0.404. The molecule has 0 spiro atoms. The van der Waals surface area contributed by atoms with Crippen molar-refractivity contribution >= 4 is 21.9 Å². The number of benzene rings is 1. The minimum absolute atomic E-state index is 0.255. The maximum absolute atomic E-state index is 11.0. The van der Waals surface area contributed by atoms with Crippen molar-refractivity contribution in [2.24, 2.45) is 11.1 Å². The lowest BCUT2D eigenvalue weighted by atomic mass is 9.96. The predicted octanol–water partition coefficient (Wildman–Crippen LogP) is 1.62. The van der Waals surface area contributed by atoms with Crippen LogP contribution in [-0.2, 0) is 14.5 Å². The normalized spacial score (nSPS) is 15.7. The first-order valence-electron chi connectivity index (χ1n) is 5.36. The molecule has 0 saturated heterocycles. The van der Waals surface area contributed by atoms with Gasteiger partial charge in [-0.05, 0) is 12.0 Å². The zero-order valence-electron chi connectivity index (χ0n) is 10.1. The van der Waals surface area contributed by atoms with Crippen molar-refractivity contribution in [1.82, 2.24) is 0 Å². The highest BCUT2D eigenvalue weighted by Crippen LogP contribution is 2.30. The zero-order chi connectivity index (χ0) is 13.9. The first-order chi connectivity index (χ1) is 8.22. The van der Waals surface area contributed by atoms with Crippen LogP contribution in [0.2, 0.25) is 5.02 Å². The largest absolute Gasteiger partial charge is 0.386 e. The van der Waals surface area contributed by atoms with Crippen LogP contribution in [0.15, 0.2) is 24.3 Å². The van der Waals surface area contributed by atoms with E-state index >= 15 is 0 Å². The molecule has 18 heavy (non-hydrogen) atoms. The Morgan fingerprint density at radius 1 is 1.33 bits per heavy atom. The lowest BCUT2D eigenvalue weighted by Gasteiger charge is -2.25. The maximum Gasteiger partial charge on any atom is 0.333 e. The van der Waals surface area contributed by atoms with Crippen molar-refractivity contribution in [3.63, 3.8) is 0 Å². The minimum Gasteiger partial charge on any atom is -0.386 e. The average molecular weight is 294 g/mol. The summed E-state index contributed by atoms with van der Waals surface area (Å²) in [5.74, 6) is -0.255. The zero-order valence-corrected chi connectivity index (χ0v) is 11.6. The molecule has 0 fully saturated rings. The van der Waals surface area contributed by atoms with Crippen LogP contribution >= 0.6 is 11.6 Å². The fourth-order valence-corrected chi connectivity index (χ4v) is 2.46. The third-order valence-corrected chi connectivity index (χ3v) is 3.27. The molecule has 7 heteroatoms. The number of aliphatic hydroxyl groups is 1. The summed E-state index contributed by atoms with van der Waals surface area (Å²) in [6.07, 6.45) is -2.16. The SMILES string of the molecule is CC(C)[C@H](OS(N)(=O)=O)[C@@H](O)c1ccccc1Cl. The molecule has 1 rings (SSSR count). The van der Waals surface area contributed by atoms with Gasteiger partial charge in [0.25, 0.3) is 0 Å². The van der Waals surface area contributed by atoms with E-state index in [1.807, 2.05) is 0 Å². The van der Waals surface area contributed by atoms with Crippen LogP contribution in [0.5, 0.6) is 0 Å². The molecule has 0 heterocycles. The summed E-state index contributed by atoms with van der Waals surface area (Å²) in [6, 6.07) is 6.62. The Hall–Kier alpha value is -0.660. The summed E-state index contributed by atoms with van der Waals surface area (Å²) in [6.45, 7) is 3.44. The highest BCUT2D eigenvalue weighted by atomic mass is 35.5. The summed E-state index contributed by atoms with van der Waals surface area (Å²) < 4.78 is 26.7. The third kappa shape index (κ3) is 4.22. The van der Waals surface area contributed by atoms with Gasteiger partial charge in [0.05, 0.1) is 0 Å². The van der Waals surface area contributed by atoms with Gasteiger partial charge in [0.2, 0.25) is 0 Å². The second-order valence-electron chi connectivity index (χ2n) is 4.26. The average Bonchev–Trinajstić information content (AvgIpc) is 2.24. The predicted molar refractivity (Wildman–Crippen MR) is 69.2 cm³/mol. The molecule has 102 valence electrons. The maximum atomic E-state index is 11.0. The fourth-order valence-electron chi connectivity index (χ4n) is 1.58. The van der Waals surface area contributed by atoms with E-state index in [1.165, 1.54) is 0 Å². The van der Waals surface area contributed by atoms with Crippen LogP contribution in [-0.4, -0.2) is 19.6 Å². The van der Waals surface area contributed by atoms with Gasteiger partial charge in [0.15, 0.2) is 0 Å². The highest BCUT2D eigenvalue weighted by molar-refractivity contribution is 7.84. The van der Waals surface area contributed by atoms with Crippen molar-refractivity contribution in [2.45, 2.75) is 26.1 Å². The van der Waals surface area contributed by atoms with Gasteiger partial charge < -0.3 is 5.11 Å². The van der Waals surface area contributed by atoms with Crippen molar-refractivity contribution in [2.75, 3.05) is 0 Å². The van der Waals surface area contributed by atoms with Gasteiger partial charge in [-0.15, -0.1) is 0 Å². The minimum atomic E-state index is -4.14. The third-order valence-electron chi connectivity index (χ3n) is 2.44. The number of rotatable bonds is 5. The first-order valence-corrected chi connectivity index (χ1v) is 7.21. The van der Waals surface area contributed by atoms with E-state index in [4.69, 9.17) is 20.9 Å². The molecule has 0 unspecified atom stereocenters. The second-order valence-corrected chi connectivity index (χ2v) is 5.85. The second kappa shape index (κ2) is 5.99. The molecule has 0 bridgehead atoms. The molecule has 0 aromatic heterocycles. The van der Waals surface area contributed by atoms with Gasteiger partial charge in [-0.1, -0.05) is 43.6 Å². The molecule has 0 aliphatic rings. The van der Waals surface area contributed by atoms with E-state index in [0.717, 1.165) is 0 Å². The van der Waals surface area contributed by atoms with Crippen LogP contribution in [0.1, 0.15) is 25.5 Å². The lowest BCUT2D eigenvalue weighted by molar-refractivity contribution is 0.0120. The smallest absolute Gasteiger partial charge is 0.333 e. The van der Waals surface area contributed by atoms with Crippen LogP contribution < -0.4 is 5.14 Å². The summed E-state index contributed by atoms with van der Waals surface area (Å²) >= 11 is 5.94. The molecule has 0 radical (unpaired) electrons. The Balaban J connectivity index is 3.04. The monoisotopic (exact) mass is 293 g/mol. The van der Waals surface area contributed by atoms with Crippen molar-refractivity contribution in [3.05, 3.63) is 34.9 Å². The molecule has 1 aromatic carbocycles. The Bertz CT molecular complexity index is 504. The van der Waals surface area contributed by atoms with E-state index in [-0.39, 0.29) is 5.92 Å². The topological polar surface area (TPSA) is 89.6 Å². The number of aliphatic hydroxyl groups excluding tert-OH is 1. The van der Waals surface area contributed by atoms with Crippen LogP contribution in [0, 0.1) is 5.92 Å². The summed E-state index contributed by atoms with van der Waals surface area (Å²) in [7, 11) is -4.14. The molecule has 0 amide bonds. The molecule has 5 nitrogen and oxygen atoms in total. The van der Waals surface area contributed by atoms with Crippen LogP contribution in [0.3, 0.4) is 0 Å². The Morgan fingerprint density at radius 3 is 2.33 bits per heavy atom. The van der Waals surface area contributed by atoms with Crippen molar-refractivity contribution < 1.29 is 17.7 Å². The van der Waals surface area contributed by atoms with Crippen molar-refractivity contribution in [3.8, 4) is 0 Å². The van der Waals surface area contributed by atoms with E-state index in [1.54, 1.807) is 38.1 Å². The van der Waals surface area contributed by atoms with Crippen LogP contribution in [0.4, 0.5) is 0 Å². The van der Waals surface area contributed by atoms with Crippen molar-refractivity contribution in [1.29, 1.82) is 0 Å². The van der Waals surface area contributed by atoms with E-state index in [9.17, 15) is 13.5 Å². The molecule has 2 atom stereocenters. The molecule has 0 saturated carbocycles. The molecular formula is C11H16ClNO4S. The first kappa shape index (κ1) is 15.4. The fraction of sp³-hybridized carbons (Fsp3) is 0.455. The lowest BCUT2D eigenvalue weighted by Crippen LogP contribution is -2.33. The van der Waals surface area contributed by atoms with Gasteiger partial charge in [0, 0.05) is 10.6 Å². The van der Waals surface area contributed by atoms with Gasteiger partial charge in [-0.25, -0.2) is 5.14 Å². The molecular weight excluding hydrogens is 278 g/mol. The highest BCUT2D eigenvalue weighted by Gasteiger charge is 2.29. The number of nitrogens with two attached hydrogens (primary N) is 1. The Morgan fingerprint density at radius 2 is 1.89 bits per heavy atom. The molecule has 0 aliphatic carbocycles. The standard InChI is InChI=1S/C11H16ClNO4S/c1-7(2)11(17-18(13,15)16)10(14)8-5-3-4-6-9(8)12/h3-7,10-11,14H,1-2H3,(H2,13,15,16)/t10-,11-/m0/s1. The van der Waals surface area contributed by atoms with Crippen LogP contribution in [0.25, 0.3) is 0 Å². The molecule has 0 aliphatic heterocycles. The summed E-state index contributed by atoms with van der Waals surface area (Å²) in [5, 5.41) is 15.3. The van der Waals surface area contributed by atoms with E-state index in [0.29, 0.717) is 10.6 Å². The quantitative estimate of drug-likeness (QED) is 0.863. The van der Waals surface area contributed by atoms with E-state index < -0.39 is 22.5 Å². The molecule has 1 aromatic rings. The molecule has 3 N–H and O–H groups in total. The number of hydrogen-bond acceptors (Lipinski definition) is 4. The number of halogens is 1. The van der Waals surface area contributed by atoms with Gasteiger partial charge in [0.1, 0.15) is 12.2 Å². The van der Waals surface area contributed by atoms with Gasteiger partial charge in [-0.2, -0.15) is 8.42 Å². The summed E-state index contributed by atoms with van der Waals surface area (Å²) in [4.78, 5) is 0.